The Morgan fingerprint density at radius 1 is 0.769 bits per heavy atom. The van der Waals surface area contributed by atoms with Gasteiger partial charge in [0, 0.05) is 35.3 Å². The van der Waals surface area contributed by atoms with E-state index in [9.17, 15) is 24.0 Å². The first-order valence-corrected chi connectivity index (χ1v) is 13.8. The van der Waals surface area contributed by atoms with Crippen molar-refractivity contribution >= 4 is 29.2 Å². The molecule has 1 heterocycles. The Hall–Kier alpha value is -3.45. The Morgan fingerprint density at radius 3 is 1.95 bits per heavy atom. The highest BCUT2D eigenvalue weighted by Crippen LogP contribution is 2.43. The zero-order valence-corrected chi connectivity index (χ0v) is 23.8. The molecule has 1 N–H and O–H groups in total. The molecular formula is C32H38N2O5. The molecular weight excluding hydrogens is 492 g/mol. The van der Waals surface area contributed by atoms with E-state index in [2.05, 4.69) is 39.9 Å². The molecule has 0 spiro atoms. The van der Waals surface area contributed by atoms with Gasteiger partial charge in [-0.15, -0.1) is 0 Å². The number of carbonyl (C=O) groups excluding carboxylic acids is 5. The van der Waals surface area contributed by atoms with Crippen molar-refractivity contribution in [2.24, 2.45) is 16.7 Å². The molecule has 7 nitrogen and oxygen atoms in total. The van der Waals surface area contributed by atoms with E-state index in [4.69, 9.17) is 0 Å². The summed E-state index contributed by atoms with van der Waals surface area (Å²) in [6.07, 6.45) is 2.48. The van der Waals surface area contributed by atoms with Crippen molar-refractivity contribution in [3.8, 4) is 0 Å². The van der Waals surface area contributed by atoms with Crippen LogP contribution in [0.25, 0.3) is 0 Å². The number of benzene rings is 2. The molecule has 0 aromatic heterocycles. The SMILES string of the molecule is CCC1C(=O)c2ccc(C(=O)c3ccc4c(c3)C(=O)N(CCNCCC(C)(C)C(C)(C)CC)C4=O)cc2C1=O. The first kappa shape index (κ1) is 28.6. The maximum absolute atomic E-state index is 13.3. The Kier molecular flexibility index (Phi) is 7.77. The molecule has 0 saturated heterocycles. The molecule has 39 heavy (non-hydrogen) atoms. The third kappa shape index (κ3) is 5.00. The van der Waals surface area contributed by atoms with Gasteiger partial charge in [0.05, 0.1) is 17.0 Å². The predicted molar refractivity (Wildman–Crippen MR) is 149 cm³/mol. The monoisotopic (exact) mass is 530 g/mol. The predicted octanol–water partition coefficient (Wildman–Crippen LogP) is 5.36. The minimum atomic E-state index is -0.691. The van der Waals surface area contributed by atoms with Gasteiger partial charge in [-0.25, -0.2) is 0 Å². The molecule has 2 amide bonds. The number of hydrogen-bond donors (Lipinski definition) is 1. The highest BCUT2D eigenvalue weighted by atomic mass is 16.2. The average molecular weight is 531 g/mol. The first-order valence-electron chi connectivity index (χ1n) is 13.8. The van der Waals surface area contributed by atoms with Crippen molar-refractivity contribution in [3.63, 3.8) is 0 Å². The lowest BCUT2D eigenvalue weighted by atomic mass is 9.65. The van der Waals surface area contributed by atoms with E-state index in [1.54, 1.807) is 6.92 Å². The maximum atomic E-state index is 13.3. The van der Waals surface area contributed by atoms with E-state index in [-0.39, 0.29) is 68.4 Å². The normalized spacial score (nSPS) is 17.2. The van der Waals surface area contributed by atoms with E-state index in [1.165, 1.54) is 41.3 Å². The van der Waals surface area contributed by atoms with Crippen LogP contribution in [0.4, 0.5) is 0 Å². The van der Waals surface area contributed by atoms with Crippen LogP contribution in [-0.2, 0) is 0 Å². The topological polar surface area (TPSA) is 101 Å². The van der Waals surface area contributed by atoms with Crippen molar-refractivity contribution in [2.75, 3.05) is 19.6 Å². The van der Waals surface area contributed by atoms with Gasteiger partial charge in [-0.2, -0.15) is 0 Å². The molecule has 1 aliphatic carbocycles. The van der Waals surface area contributed by atoms with Gasteiger partial charge >= 0.3 is 0 Å². The van der Waals surface area contributed by atoms with Crippen molar-refractivity contribution in [2.45, 2.75) is 60.8 Å². The van der Waals surface area contributed by atoms with Gasteiger partial charge in [-0.1, -0.05) is 60.1 Å². The van der Waals surface area contributed by atoms with Crippen LogP contribution in [0.2, 0.25) is 0 Å². The molecule has 2 aromatic rings. The Bertz CT molecular complexity index is 1370. The molecule has 1 atom stereocenters. The number of hydrogen-bond acceptors (Lipinski definition) is 6. The number of carbonyl (C=O) groups is 5. The van der Waals surface area contributed by atoms with Crippen LogP contribution in [0.1, 0.15) is 118 Å². The fraction of sp³-hybridized carbons (Fsp3) is 0.469. The Labute approximate surface area is 230 Å². The van der Waals surface area contributed by atoms with E-state index in [0.29, 0.717) is 18.5 Å². The molecule has 2 aromatic carbocycles. The summed E-state index contributed by atoms with van der Waals surface area (Å²) in [6.45, 7) is 14.6. The second-order valence-electron chi connectivity index (χ2n) is 11.9. The standard InChI is InChI=1S/C32H38N2O5/c1-7-21-27(36)22-11-9-19(17-24(22)28(21)37)26(35)20-10-12-23-25(18-20)30(39)34(29(23)38)16-15-33-14-13-32(5,6)31(3,4)8-2/h9-12,17-18,21,33H,7-8,13-16H2,1-6H3. The third-order valence-corrected chi connectivity index (χ3v) is 9.24. The molecule has 2 aliphatic rings. The number of ketones is 3. The Morgan fingerprint density at radius 2 is 1.33 bits per heavy atom. The summed E-state index contributed by atoms with van der Waals surface area (Å²) in [5.41, 5.74) is 1.96. The minimum absolute atomic E-state index is 0.145. The summed E-state index contributed by atoms with van der Waals surface area (Å²) < 4.78 is 0. The number of nitrogens with zero attached hydrogens (tertiary/aromatic N) is 1. The largest absolute Gasteiger partial charge is 0.315 e. The van der Waals surface area contributed by atoms with Crippen LogP contribution in [0.3, 0.4) is 0 Å². The van der Waals surface area contributed by atoms with E-state index in [1.807, 2.05) is 0 Å². The van der Waals surface area contributed by atoms with Gasteiger partial charge in [0.25, 0.3) is 11.8 Å². The number of rotatable bonds is 11. The van der Waals surface area contributed by atoms with E-state index >= 15 is 0 Å². The lowest BCUT2D eigenvalue weighted by Crippen LogP contribution is -2.38. The van der Waals surface area contributed by atoms with Gasteiger partial charge in [-0.05, 0) is 54.5 Å². The molecule has 1 unspecified atom stereocenters. The van der Waals surface area contributed by atoms with Crippen molar-refractivity contribution < 1.29 is 24.0 Å². The summed E-state index contributed by atoms with van der Waals surface area (Å²) in [5.74, 6) is -2.32. The summed E-state index contributed by atoms with van der Waals surface area (Å²) in [4.78, 5) is 65.6. The molecule has 0 fully saturated rings. The zero-order valence-electron chi connectivity index (χ0n) is 23.8. The van der Waals surface area contributed by atoms with Crippen LogP contribution in [0, 0.1) is 16.7 Å². The van der Waals surface area contributed by atoms with Gasteiger partial charge in [-0.3, -0.25) is 28.9 Å². The smallest absolute Gasteiger partial charge is 0.261 e. The molecule has 0 radical (unpaired) electrons. The van der Waals surface area contributed by atoms with Crippen molar-refractivity contribution in [3.05, 3.63) is 69.8 Å². The third-order valence-electron chi connectivity index (χ3n) is 9.24. The second-order valence-corrected chi connectivity index (χ2v) is 11.9. The van der Waals surface area contributed by atoms with E-state index in [0.717, 1.165) is 19.4 Å². The molecule has 0 saturated carbocycles. The Balaban J connectivity index is 1.42. The minimum Gasteiger partial charge on any atom is -0.315 e. The highest BCUT2D eigenvalue weighted by Gasteiger charge is 2.39. The maximum Gasteiger partial charge on any atom is 0.261 e. The fourth-order valence-corrected chi connectivity index (χ4v) is 5.30. The summed E-state index contributed by atoms with van der Waals surface area (Å²) >= 11 is 0. The van der Waals surface area contributed by atoms with Crippen LogP contribution < -0.4 is 5.32 Å². The molecule has 0 bridgehead atoms. The number of imide groups is 1. The summed E-state index contributed by atoms with van der Waals surface area (Å²) in [6, 6.07) is 9.02. The van der Waals surface area contributed by atoms with Gasteiger partial charge in [0.2, 0.25) is 0 Å². The summed E-state index contributed by atoms with van der Waals surface area (Å²) in [7, 11) is 0. The van der Waals surface area contributed by atoms with Gasteiger partial charge in [0.15, 0.2) is 17.3 Å². The molecule has 4 rings (SSSR count). The fourth-order valence-electron chi connectivity index (χ4n) is 5.30. The van der Waals surface area contributed by atoms with Crippen molar-refractivity contribution in [1.29, 1.82) is 0 Å². The van der Waals surface area contributed by atoms with Crippen LogP contribution in [0.5, 0.6) is 0 Å². The molecule has 206 valence electrons. The number of amides is 2. The van der Waals surface area contributed by atoms with Crippen LogP contribution in [0.15, 0.2) is 36.4 Å². The number of Topliss-reactive ketones (excluding diaryl/α,β-unsaturated/α-hetero) is 2. The van der Waals surface area contributed by atoms with Crippen LogP contribution >= 0.6 is 0 Å². The van der Waals surface area contributed by atoms with Gasteiger partial charge in [0.1, 0.15) is 0 Å². The lowest BCUT2D eigenvalue weighted by Gasteiger charge is -2.41. The molecule has 7 heteroatoms. The zero-order chi connectivity index (χ0) is 28.7. The van der Waals surface area contributed by atoms with E-state index < -0.39 is 11.8 Å². The molecule has 1 aliphatic heterocycles. The average Bonchev–Trinajstić information content (AvgIpc) is 3.30. The highest BCUT2D eigenvalue weighted by molar-refractivity contribution is 6.27. The number of nitrogens with one attached hydrogen (secondary N) is 1. The first-order chi connectivity index (χ1) is 18.3. The van der Waals surface area contributed by atoms with Crippen LogP contribution in [-0.4, -0.2) is 53.7 Å². The quantitative estimate of drug-likeness (QED) is 0.182. The lowest BCUT2D eigenvalue weighted by molar-refractivity contribution is 0.0651. The van der Waals surface area contributed by atoms with Crippen molar-refractivity contribution in [1.82, 2.24) is 10.2 Å². The summed E-state index contributed by atoms with van der Waals surface area (Å²) in [5, 5.41) is 3.37. The second kappa shape index (κ2) is 10.6. The van der Waals surface area contributed by atoms with Gasteiger partial charge < -0.3 is 5.32 Å². The number of fused-ring (bicyclic) bond motifs is 2.